The van der Waals surface area contributed by atoms with Crippen LogP contribution in [-0.4, -0.2) is 72.0 Å². The number of piperidine rings is 1. The van der Waals surface area contributed by atoms with Crippen molar-refractivity contribution in [2.45, 2.75) is 77.9 Å². The normalized spacial score (nSPS) is 19.9. The molecule has 2 saturated heterocycles. The molecular formula is C30H44ClN5O. The second-order valence-corrected chi connectivity index (χ2v) is 10.9. The van der Waals surface area contributed by atoms with Crippen molar-refractivity contribution in [3.8, 4) is 0 Å². The van der Waals surface area contributed by atoms with Crippen LogP contribution in [-0.2, 0) is 6.54 Å². The molecule has 1 aromatic carbocycles. The highest BCUT2D eigenvalue weighted by atomic mass is 35.5. The zero-order valence-electron chi connectivity index (χ0n) is 22.9. The Labute approximate surface area is 228 Å². The molecule has 0 radical (unpaired) electrons. The number of hydrogen-bond donors (Lipinski definition) is 1. The summed E-state index contributed by atoms with van der Waals surface area (Å²) in [6.45, 7) is 13.5. The van der Waals surface area contributed by atoms with Gasteiger partial charge in [-0.2, -0.15) is 0 Å². The van der Waals surface area contributed by atoms with Crippen LogP contribution in [0.4, 0.5) is 5.82 Å². The molecule has 1 N–H and O–H groups in total. The van der Waals surface area contributed by atoms with Gasteiger partial charge in [-0.25, -0.2) is 4.98 Å². The molecule has 0 atom stereocenters. The number of benzene rings is 1. The number of likely N-dealkylation sites (tertiary alicyclic amines) is 1. The number of aromatic nitrogens is 1. The highest BCUT2D eigenvalue weighted by Gasteiger charge is 2.28. The van der Waals surface area contributed by atoms with E-state index in [1.54, 1.807) is 6.20 Å². The molecule has 2 aliphatic heterocycles. The lowest BCUT2D eigenvalue weighted by Gasteiger charge is -2.43. The van der Waals surface area contributed by atoms with E-state index in [1.165, 1.54) is 31.2 Å². The Kier molecular flexibility index (Phi) is 10.2. The van der Waals surface area contributed by atoms with E-state index in [1.807, 2.05) is 32.0 Å². The fourth-order valence-electron chi connectivity index (χ4n) is 5.95. The van der Waals surface area contributed by atoms with Crippen molar-refractivity contribution in [2.24, 2.45) is 0 Å². The highest BCUT2D eigenvalue weighted by Crippen LogP contribution is 2.24. The summed E-state index contributed by atoms with van der Waals surface area (Å²) in [4.78, 5) is 25.0. The predicted molar refractivity (Wildman–Crippen MR) is 154 cm³/mol. The molecule has 3 fully saturated rings. The lowest BCUT2D eigenvalue weighted by molar-refractivity contribution is 0.0937. The molecule has 3 heterocycles. The predicted octanol–water partition coefficient (Wildman–Crippen LogP) is 5.53. The maximum absolute atomic E-state index is 12.6. The van der Waals surface area contributed by atoms with Gasteiger partial charge in [0.05, 0.1) is 5.56 Å². The molecule has 6 nitrogen and oxygen atoms in total. The molecule has 2 aromatic rings. The lowest BCUT2D eigenvalue weighted by atomic mass is 10.0. The van der Waals surface area contributed by atoms with Crippen LogP contribution in [0.25, 0.3) is 0 Å². The van der Waals surface area contributed by atoms with Crippen LogP contribution >= 0.6 is 11.6 Å². The molecule has 1 aliphatic carbocycles. The van der Waals surface area contributed by atoms with Gasteiger partial charge in [0.25, 0.3) is 5.91 Å². The average Bonchev–Trinajstić information content (AvgIpc) is 3.45. The first-order chi connectivity index (χ1) is 18.0. The summed E-state index contributed by atoms with van der Waals surface area (Å²) >= 11 is 6.02. The highest BCUT2D eigenvalue weighted by molar-refractivity contribution is 6.30. The summed E-state index contributed by atoms with van der Waals surface area (Å²) in [5.74, 6) is 1.05. The van der Waals surface area contributed by atoms with Crippen molar-refractivity contribution >= 4 is 23.3 Å². The summed E-state index contributed by atoms with van der Waals surface area (Å²) in [6, 6.07) is 11.3. The smallest absolute Gasteiger partial charge is 0.253 e. The maximum atomic E-state index is 12.6. The van der Waals surface area contributed by atoms with E-state index in [9.17, 15) is 4.79 Å². The van der Waals surface area contributed by atoms with Crippen molar-refractivity contribution in [3.63, 3.8) is 0 Å². The average molecular weight is 526 g/mol. The van der Waals surface area contributed by atoms with Gasteiger partial charge in [0.15, 0.2) is 0 Å². The van der Waals surface area contributed by atoms with Crippen LogP contribution in [0.1, 0.15) is 73.9 Å². The molecule has 3 aliphatic rings. The third-order valence-corrected chi connectivity index (χ3v) is 8.26. The Morgan fingerprint density at radius 2 is 1.62 bits per heavy atom. The lowest BCUT2D eigenvalue weighted by Crippen LogP contribution is -2.53. The van der Waals surface area contributed by atoms with E-state index in [0.29, 0.717) is 17.6 Å². The largest absolute Gasteiger partial charge is 0.354 e. The van der Waals surface area contributed by atoms with E-state index in [0.717, 1.165) is 75.1 Å². The first kappa shape index (κ1) is 27.9. The van der Waals surface area contributed by atoms with Crippen molar-refractivity contribution in [1.29, 1.82) is 0 Å². The number of hydrogen-bond acceptors (Lipinski definition) is 5. The van der Waals surface area contributed by atoms with Gasteiger partial charge in [-0.3, -0.25) is 14.6 Å². The fraction of sp³-hybridized carbons (Fsp3) is 0.600. The number of carbonyl (C=O) groups is 1. The topological polar surface area (TPSA) is 51.7 Å². The number of amides is 1. The minimum absolute atomic E-state index is 0.0197. The molecule has 1 amide bonds. The molecule has 5 rings (SSSR count). The quantitative estimate of drug-likeness (QED) is 0.537. The minimum atomic E-state index is 0.0197. The second-order valence-electron chi connectivity index (χ2n) is 10.5. The van der Waals surface area contributed by atoms with Crippen molar-refractivity contribution < 1.29 is 4.79 Å². The molecule has 7 heteroatoms. The van der Waals surface area contributed by atoms with Gasteiger partial charge in [0.2, 0.25) is 0 Å². The number of rotatable bonds is 6. The molecule has 1 saturated carbocycles. The maximum Gasteiger partial charge on any atom is 0.253 e. The van der Waals surface area contributed by atoms with Crippen LogP contribution in [0.5, 0.6) is 0 Å². The van der Waals surface area contributed by atoms with Crippen LogP contribution in [0.2, 0.25) is 5.02 Å². The number of halogens is 1. The third-order valence-electron chi connectivity index (χ3n) is 8.01. The number of nitrogens with one attached hydrogen (secondary N) is 1. The summed E-state index contributed by atoms with van der Waals surface area (Å²) in [7, 11) is 0. The first-order valence-corrected chi connectivity index (χ1v) is 14.7. The number of pyridine rings is 1. The zero-order chi connectivity index (χ0) is 26.2. The molecule has 0 spiro atoms. The van der Waals surface area contributed by atoms with Gasteiger partial charge in [0, 0.05) is 56.0 Å². The zero-order valence-corrected chi connectivity index (χ0v) is 23.6. The molecule has 0 unspecified atom stereocenters. The van der Waals surface area contributed by atoms with E-state index in [-0.39, 0.29) is 5.91 Å². The van der Waals surface area contributed by atoms with Gasteiger partial charge < -0.3 is 10.2 Å². The van der Waals surface area contributed by atoms with E-state index >= 15 is 0 Å². The van der Waals surface area contributed by atoms with Crippen LogP contribution in [0.3, 0.4) is 0 Å². The molecule has 0 bridgehead atoms. The standard InChI is InChI=1S/C28H38ClN5O.C2H6/c1-21-18-23(28(35)31-25-4-2-3-5-25)19-30-27(21)34-16-14-33(15-17-34)26-10-12-32(13-11-26)20-22-6-8-24(29)9-7-22;1-2/h6-9,18-19,25-26H,2-5,10-17,20H2,1H3,(H,31,35);1-2H3. The van der Waals surface area contributed by atoms with Crippen LogP contribution < -0.4 is 10.2 Å². The number of piperazine rings is 1. The van der Waals surface area contributed by atoms with Gasteiger partial charge >= 0.3 is 0 Å². The number of nitrogens with zero attached hydrogens (tertiary/aromatic N) is 4. The minimum Gasteiger partial charge on any atom is -0.354 e. The van der Waals surface area contributed by atoms with Gasteiger partial charge in [-0.1, -0.05) is 50.4 Å². The number of aryl methyl sites for hydroxylation is 1. The van der Waals surface area contributed by atoms with E-state index in [4.69, 9.17) is 16.6 Å². The Morgan fingerprint density at radius 1 is 0.973 bits per heavy atom. The van der Waals surface area contributed by atoms with Crippen LogP contribution in [0.15, 0.2) is 36.5 Å². The van der Waals surface area contributed by atoms with Gasteiger partial charge in [-0.15, -0.1) is 0 Å². The van der Waals surface area contributed by atoms with Gasteiger partial charge in [-0.05, 0) is 75.0 Å². The number of anilines is 1. The molecular weight excluding hydrogens is 482 g/mol. The molecule has 1 aromatic heterocycles. The fourth-order valence-corrected chi connectivity index (χ4v) is 6.08. The Hall–Kier alpha value is -2.15. The third kappa shape index (κ3) is 7.46. The summed E-state index contributed by atoms with van der Waals surface area (Å²) in [5, 5.41) is 3.98. The first-order valence-electron chi connectivity index (χ1n) is 14.3. The summed E-state index contributed by atoms with van der Waals surface area (Å²) in [6.07, 6.45) is 8.86. The van der Waals surface area contributed by atoms with Crippen molar-refractivity contribution in [1.82, 2.24) is 20.1 Å². The van der Waals surface area contributed by atoms with Gasteiger partial charge in [0.1, 0.15) is 5.82 Å². The molecule has 202 valence electrons. The van der Waals surface area contributed by atoms with E-state index < -0.39 is 0 Å². The second kappa shape index (κ2) is 13.6. The van der Waals surface area contributed by atoms with E-state index in [2.05, 4.69) is 39.1 Å². The van der Waals surface area contributed by atoms with Crippen molar-refractivity contribution in [2.75, 3.05) is 44.2 Å². The SMILES string of the molecule is CC.Cc1cc(C(=O)NC2CCCC2)cnc1N1CCN(C2CCN(Cc3ccc(Cl)cc3)CC2)CC1. The Balaban J connectivity index is 0.00000156. The monoisotopic (exact) mass is 525 g/mol. The Bertz CT molecular complexity index is 992. The number of carbonyl (C=O) groups excluding carboxylic acids is 1. The Morgan fingerprint density at radius 3 is 2.24 bits per heavy atom. The van der Waals surface area contributed by atoms with Crippen LogP contribution in [0, 0.1) is 6.92 Å². The van der Waals surface area contributed by atoms with Crippen molar-refractivity contribution in [3.05, 3.63) is 58.2 Å². The molecule has 37 heavy (non-hydrogen) atoms. The summed E-state index contributed by atoms with van der Waals surface area (Å²) in [5.41, 5.74) is 3.11. The summed E-state index contributed by atoms with van der Waals surface area (Å²) < 4.78 is 0.